The Morgan fingerprint density at radius 3 is 2.26 bits per heavy atom. The van der Waals surface area contributed by atoms with Gasteiger partial charge in [-0.1, -0.05) is 0 Å². The number of rotatable bonds is 7. The lowest BCUT2D eigenvalue weighted by atomic mass is 9.96. The smallest absolute Gasteiger partial charge is 0.00682 e. The minimum atomic E-state index is 0.881. The molecule has 0 unspecified atom stereocenters. The normalized spacial score (nSPS) is 27.2. The van der Waals surface area contributed by atoms with Crippen molar-refractivity contribution in [2.24, 2.45) is 5.92 Å². The first kappa shape index (κ1) is 13.8. The molecule has 3 nitrogen and oxygen atoms in total. The molecule has 19 heavy (non-hydrogen) atoms. The summed E-state index contributed by atoms with van der Waals surface area (Å²) in [7, 11) is 0. The van der Waals surface area contributed by atoms with Gasteiger partial charge in [-0.15, -0.1) is 0 Å². The topological polar surface area (TPSA) is 18.5 Å². The van der Waals surface area contributed by atoms with Crippen LogP contribution in [0, 0.1) is 5.92 Å². The Kier molecular flexibility index (Phi) is 5.14. The zero-order valence-electron chi connectivity index (χ0n) is 12.4. The quantitative estimate of drug-likeness (QED) is 0.710. The van der Waals surface area contributed by atoms with Crippen LogP contribution in [0.15, 0.2) is 0 Å². The zero-order chi connectivity index (χ0) is 12.9. The van der Waals surface area contributed by atoms with Crippen LogP contribution in [0.4, 0.5) is 0 Å². The lowest BCUT2D eigenvalue weighted by Crippen LogP contribution is -2.39. The molecule has 0 aromatic carbocycles. The molecule has 0 spiro atoms. The molecule has 1 aliphatic carbocycles. The van der Waals surface area contributed by atoms with Gasteiger partial charge in [0.1, 0.15) is 0 Å². The van der Waals surface area contributed by atoms with Gasteiger partial charge in [-0.3, -0.25) is 0 Å². The fourth-order valence-electron chi connectivity index (χ4n) is 3.62. The van der Waals surface area contributed by atoms with Gasteiger partial charge in [-0.25, -0.2) is 0 Å². The predicted octanol–water partition coefficient (Wildman–Crippen LogP) is 1.94. The van der Waals surface area contributed by atoms with Gasteiger partial charge in [-0.05, 0) is 90.1 Å². The SMILES string of the molecule is C(CNC1CC1)CN1CCC(CN2CCCC2)CC1. The van der Waals surface area contributed by atoms with Crippen molar-refractivity contribution in [3.05, 3.63) is 0 Å². The minimum Gasteiger partial charge on any atom is -0.314 e. The van der Waals surface area contributed by atoms with Gasteiger partial charge in [0.15, 0.2) is 0 Å². The Labute approximate surface area is 118 Å². The average Bonchev–Trinajstić information content (AvgIpc) is 3.12. The maximum absolute atomic E-state index is 3.62. The number of likely N-dealkylation sites (tertiary alicyclic amines) is 2. The molecule has 3 aliphatic rings. The van der Waals surface area contributed by atoms with Crippen molar-refractivity contribution in [1.29, 1.82) is 0 Å². The van der Waals surface area contributed by atoms with E-state index in [-0.39, 0.29) is 0 Å². The number of hydrogen-bond acceptors (Lipinski definition) is 3. The maximum Gasteiger partial charge on any atom is 0.00682 e. The van der Waals surface area contributed by atoms with Crippen LogP contribution in [0.1, 0.15) is 44.9 Å². The van der Waals surface area contributed by atoms with Crippen molar-refractivity contribution < 1.29 is 0 Å². The number of nitrogens with zero attached hydrogens (tertiary/aromatic N) is 2. The molecule has 0 bridgehead atoms. The minimum absolute atomic E-state index is 0.881. The van der Waals surface area contributed by atoms with Gasteiger partial charge in [-0.2, -0.15) is 0 Å². The summed E-state index contributed by atoms with van der Waals surface area (Å²) in [5, 5.41) is 3.62. The van der Waals surface area contributed by atoms with Crippen LogP contribution < -0.4 is 5.32 Å². The van der Waals surface area contributed by atoms with E-state index in [0.717, 1.165) is 12.0 Å². The highest BCUT2D eigenvalue weighted by Crippen LogP contribution is 2.21. The van der Waals surface area contributed by atoms with Crippen molar-refractivity contribution in [3.63, 3.8) is 0 Å². The van der Waals surface area contributed by atoms with Crippen LogP contribution >= 0.6 is 0 Å². The molecule has 0 radical (unpaired) electrons. The van der Waals surface area contributed by atoms with Gasteiger partial charge in [0.25, 0.3) is 0 Å². The fraction of sp³-hybridized carbons (Fsp3) is 1.00. The van der Waals surface area contributed by atoms with E-state index in [4.69, 9.17) is 0 Å². The Morgan fingerprint density at radius 2 is 1.58 bits per heavy atom. The second-order valence-electron chi connectivity index (χ2n) is 6.87. The molecule has 2 heterocycles. The molecular formula is C16H31N3. The summed E-state index contributed by atoms with van der Waals surface area (Å²) in [6.07, 6.45) is 9.93. The third-order valence-corrected chi connectivity index (χ3v) is 5.08. The number of hydrogen-bond donors (Lipinski definition) is 1. The summed E-state index contributed by atoms with van der Waals surface area (Å²) in [5.74, 6) is 0.985. The summed E-state index contributed by atoms with van der Waals surface area (Å²) in [5.41, 5.74) is 0. The summed E-state index contributed by atoms with van der Waals surface area (Å²) in [6, 6.07) is 0.881. The van der Waals surface area contributed by atoms with Gasteiger partial charge in [0.2, 0.25) is 0 Å². The molecular weight excluding hydrogens is 234 g/mol. The first-order valence-electron chi connectivity index (χ1n) is 8.58. The van der Waals surface area contributed by atoms with E-state index in [1.807, 2.05) is 0 Å². The number of nitrogens with one attached hydrogen (secondary N) is 1. The Hall–Kier alpha value is -0.120. The van der Waals surface area contributed by atoms with E-state index in [2.05, 4.69) is 15.1 Å². The predicted molar refractivity (Wildman–Crippen MR) is 80.5 cm³/mol. The third kappa shape index (κ3) is 4.73. The van der Waals surface area contributed by atoms with Crippen LogP contribution in [-0.4, -0.2) is 61.7 Å². The van der Waals surface area contributed by atoms with Gasteiger partial charge in [0.05, 0.1) is 0 Å². The first-order chi connectivity index (χ1) is 9.40. The van der Waals surface area contributed by atoms with E-state index < -0.39 is 0 Å². The highest BCUT2D eigenvalue weighted by Gasteiger charge is 2.23. The number of piperidine rings is 1. The standard InChI is InChI=1S/C16H31N3/c1-2-10-19(9-1)14-15-6-12-18(13-7-15)11-3-8-17-16-4-5-16/h15-17H,1-14H2. The van der Waals surface area contributed by atoms with Crippen molar-refractivity contribution in [2.45, 2.75) is 51.0 Å². The Morgan fingerprint density at radius 1 is 0.842 bits per heavy atom. The largest absolute Gasteiger partial charge is 0.314 e. The average molecular weight is 265 g/mol. The van der Waals surface area contributed by atoms with Crippen LogP contribution in [-0.2, 0) is 0 Å². The van der Waals surface area contributed by atoms with Crippen molar-refractivity contribution in [3.8, 4) is 0 Å². The summed E-state index contributed by atoms with van der Waals surface area (Å²) >= 11 is 0. The third-order valence-electron chi connectivity index (χ3n) is 5.08. The van der Waals surface area contributed by atoms with Crippen molar-refractivity contribution >= 4 is 0 Å². The summed E-state index contributed by atoms with van der Waals surface area (Å²) in [4.78, 5) is 5.38. The highest BCUT2D eigenvalue weighted by molar-refractivity contribution is 4.81. The molecule has 1 saturated carbocycles. The second-order valence-corrected chi connectivity index (χ2v) is 6.87. The molecule has 1 N–H and O–H groups in total. The van der Waals surface area contributed by atoms with E-state index in [1.54, 1.807) is 0 Å². The lowest BCUT2D eigenvalue weighted by Gasteiger charge is -2.33. The zero-order valence-corrected chi connectivity index (χ0v) is 12.4. The molecule has 3 heteroatoms. The van der Waals surface area contributed by atoms with E-state index in [1.165, 1.54) is 90.8 Å². The molecule has 2 saturated heterocycles. The molecule has 110 valence electrons. The summed E-state index contributed by atoms with van der Waals surface area (Å²) < 4.78 is 0. The van der Waals surface area contributed by atoms with Gasteiger partial charge in [0, 0.05) is 12.6 Å². The van der Waals surface area contributed by atoms with E-state index in [0.29, 0.717) is 0 Å². The lowest BCUT2D eigenvalue weighted by molar-refractivity contribution is 0.153. The molecule has 0 atom stereocenters. The molecule has 3 rings (SSSR count). The van der Waals surface area contributed by atoms with E-state index >= 15 is 0 Å². The van der Waals surface area contributed by atoms with Crippen LogP contribution in [0.2, 0.25) is 0 Å². The molecule has 0 aromatic rings. The maximum atomic E-state index is 3.62. The van der Waals surface area contributed by atoms with Gasteiger partial charge >= 0.3 is 0 Å². The van der Waals surface area contributed by atoms with Gasteiger partial charge < -0.3 is 15.1 Å². The van der Waals surface area contributed by atoms with Crippen molar-refractivity contribution in [1.82, 2.24) is 15.1 Å². The first-order valence-corrected chi connectivity index (χ1v) is 8.58. The van der Waals surface area contributed by atoms with Crippen LogP contribution in [0.3, 0.4) is 0 Å². The van der Waals surface area contributed by atoms with E-state index in [9.17, 15) is 0 Å². The second kappa shape index (κ2) is 7.05. The molecule has 3 fully saturated rings. The molecule has 0 amide bonds. The molecule has 0 aromatic heterocycles. The fourth-order valence-corrected chi connectivity index (χ4v) is 3.62. The monoisotopic (exact) mass is 265 g/mol. The van der Waals surface area contributed by atoms with Crippen LogP contribution in [0.5, 0.6) is 0 Å². The molecule has 2 aliphatic heterocycles. The Bertz CT molecular complexity index is 251. The summed E-state index contributed by atoms with van der Waals surface area (Å²) in [6.45, 7) is 9.37. The Balaban J connectivity index is 1.24. The van der Waals surface area contributed by atoms with Crippen molar-refractivity contribution in [2.75, 3.05) is 45.8 Å². The van der Waals surface area contributed by atoms with Crippen LogP contribution in [0.25, 0.3) is 0 Å². The highest BCUT2D eigenvalue weighted by atomic mass is 15.2.